The minimum atomic E-state index is 0.479. The second kappa shape index (κ2) is 4.64. The summed E-state index contributed by atoms with van der Waals surface area (Å²) in [4.78, 5) is 8.63. The first-order valence-electron chi connectivity index (χ1n) is 6.12. The number of hydrogen-bond donors (Lipinski definition) is 1. The summed E-state index contributed by atoms with van der Waals surface area (Å²) in [5.74, 6) is 2.34. The van der Waals surface area contributed by atoms with Gasteiger partial charge in [0.05, 0.1) is 0 Å². The third-order valence-corrected chi connectivity index (χ3v) is 2.91. The summed E-state index contributed by atoms with van der Waals surface area (Å²) in [5.41, 5.74) is 6.88. The molecule has 1 aliphatic carbocycles. The first-order valence-corrected chi connectivity index (χ1v) is 6.12. The van der Waals surface area contributed by atoms with Crippen LogP contribution in [0.15, 0.2) is 36.4 Å². The van der Waals surface area contributed by atoms with Crippen LogP contribution in [0.1, 0.15) is 30.1 Å². The number of nitrogen functional groups attached to an aromatic ring is 1. The van der Waals surface area contributed by atoms with Crippen molar-refractivity contribution < 1.29 is 4.74 Å². The van der Waals surface area contributed by atoms with Gasteiger partial charge in [0.25, 0.3) is 0 Å². The average Bonchev–Trinajstić information content (AvgIpc) is 3.21. The number of ether oxygens (including phenoxy) is 1. The Morgan fingerprint density at radius 1 is 1.17 bits per heavy atom. The van der Waals surface area contributed by atoms with Crippen molar-refractivity contribution in [2.45, 2.75) is 25.4 Å². The van der Waals surface area contributed by atoms with Crippen LogP contribution < -0.4 is 10.5 Å². The lowest BCUT2D eigenvalue weighted by Crippen LogP contribution is -2.03. The molecule has 1 heterocycles. The highest BCUT2D eigenvalue weighted by molar-refractivity contribution is 5.34. The molecule has 1 aromatic carbocycles. The number of benzene rings is 1. The van der Waals surface area contributed by atoms with Crippen LogP contribution in [0.25, 0.3) is 0 Å². The van der Waals surface area contributed by atoms with Crippen LogP contribution in [0.3, 0.4) is 0 Å². The standard InChI is InChI=1S/C14H15N3O/c15-12-8-13(17-14(16-12)11-6-7-11)18-9-10-4-2-1-3-5-10/h1-5,8,11H,6-7,9H2,(H2,15,16,17). The van der Waals surface area contributed by atoms with Crippen molar-refractivity contribution in [2.24, 2.45) is 0 Å². The van der Waals surface area contributed by atoms with Crippen molar-refractivity contribution >= 4 is 5.82 Å². The number of hydrogen-bond acceptors (Lipinski definition) is 4. The first kappa shape index (κ1) is 11.0. The molecular weight excluding hydrogens is 226 g/mol. The minimum absolute atomic E-state index is 0.479. The van der Waals surface area contributed by atoms with Crippen molar-refractivity contribution in [1.29, 1.82) is 0 Å². The molecule has 18 heavy (non-hydrogen) atoms. The van der Waals surface area contributed by atoms with Crippen LogP contribution in [-0.2, 0) is 6.61 Å². The molecule has 0 unspecified atom stereocenters. The third kappa shape index (κ3) is 2.59. The molecule has 1 saturated carbocycles. The molecule has 0 radical (unpaired) electrons. The number of rotatable bonds is 4. The van der Waals surface area contributed by atoms with Crippen LogP contribution in [0.4, 0.5) is 5.82 Å². The molecule has 2 N–H and O–H groups in total. The van der Waals surface area contributed by atoms with Gasteiger partial charge < -0.3 is 10.5 Å². The lowest BCUT2D eigenvalue weighted by Gasteiger charge is -2.07. The molecule has 0 atom stereocenters. The number of aromatic nitrogens is 2. The minimum Gasteiger partial charge on any atom is -0.473 e. The monoisotopic (exact) mass is 241 g/mol. The second-order valence-electron chi connectivity index (χ2n) is 4.54. The predicted octanol–water partition coefficient (Wildman–Crippen LogP) is 2.52. The summed E-state index contributed by atoms with van der Waals surface area (Å²) in [6.07, 6.45) is 2.31. The molecule has 3 rings (SSSR count). The van der Waals surface area contributed by atoms with Gasteiger partial charge in [-0.05, 0) is 18.4 Å². The van der Waals surface area contributed by atoms with E-state index in [0.29, 0.717) is 24.2 Å². The van der Waals surface area contributed by atoms with Crippen LogP contribution in [0.5, 0.6) is 5.88 Å². The zero-order valence-electron chi connectivity index (χ0n) is 10.0. The summed E-state index contributed by atoms with van der Waals surface area (Å²) in [6.45, 7) is 0.501. The van der Waals surface area contributed by atoms with Crippen molar-refractivity contribution in [3.8, 4) is 5.88 Å². The maximum Gasteiger partial charge on any atom is 0.219 e. The van der Waals surface area contributed by atoms with Gasteiger partial charge in [-0.2, -0.15) is 4.98 Å². The van der Waals surface area contributed by atoms with Gasteiger partial charge in [-0.3, -0.25) is 0 Å². The van der Waals surface area contributed by atoms with Gasteiger partial charge in [-0.1, -0.05) is 30.3 Å². The third-order valence-electron chi connectivity index (χ3n) is 2.91. The molecular formula is C14H15N3O. The van der Waals surface area contributed by atoms with Crippen molar-refractivity contribution in [3.05, 3.63) is 47.8 Å². The Labute approximate surface area is 106 Å². The van der Waals surface area contributed by atoms with Gasteiger partial charge in [0.2, 0.25) is 5.88 Å². The summed E-state index contributed by atoms with van der Waals surface area (Å²) in [6, 6.07) is 11.7. The largest absolute Gasteiger partial charge is 0.473 e. The number of nitrogens with two attached hydrogens (primary N) is 1. The molecule has 2 aromatic rings. The Morgan fingerprint density at radius 2 is 1.94 bits per heavy atom. The van der Waals surface area contributed by atoms with Crippen LogP contribution in [-0.4, -0.2) is 9.97 Å². The van der Waals surface area contributed by atoms with Crippen molar-refractivity contribution in [1.82, 2.24) is 9.97 Å². The Morgan fingerprint density at radius 3 is 2.67 bits per heavy atom. The average molecular weight is 241 g/mol. The summed E-state index contributed by atoms with van der Waals surface area (Å²) < 4.78 is 5.66. The SMILES string of the molecule is Nc1cc(OCc2ccccc2)nc(C2CC2)n1. The van der Waals surface area contributed by atoms with Crippen LogP contribution >= 0.6 is 0 Å². The fourth-order valence-corrected chi connectivity index (χ4v) is 1.79. The van der Waals surface area contributed by atoms with E-state index in [-0.39, 0.29) is 0 Å². The molecule has 92 valence electrons. The lowest BCUT2D eigenvalue weighted by atomic mass is 10.2. The fraction of sp³-hybridized carbons (Fsp3) is 0.286. The van der Waals surface area contributed by atoms with E-state index in [1.165, 1.54) is 0 Å². The van der Waals surface area contributed by atoms with Gasteiger partial charge in [0.15, 0.2) is 0 Å². The highest BCUT2D eigenvalue weighted by Crippen LogP contribution is 2.38. The second-order valence-corrected chi connectivity index (χ2v) is 4.54. The molecule has 0 spiro atoms. The lowest BCUT2D eigenvalue weighted by molar-refractivity contribution is 0.292. The molecule has 0 saturated heterocycles. The van der Waals surface area contributed by atoms with Gasteiger partial charge in [0.1, 0.15) is 18.2 Å². The molecule has 1 aliphatic rings. The molecule has 1 aromatic heterocycles. The molecule has 4 heteroatoms. The quantitative estimate of drug-likeness (QED) is 0.893. The van der Waals surface area contributed by atoms with Gasteiger partial charge in [0, 0.05) is 12.0 Å². The van der Waals surface area contributed by atoms with Gasteiger partial charge in [-0.25, -0.2) is 4.98 Å². The van der Waals surface area contributed by atoms with E-state index in [1.807, 2.05) is 30.3 Å². The Bertz CT molecular complexity index is 538. The Kier molecular flexibility index (Phi) is 2.84. The predicted molar refractivity (Wildman–Crippen MR) is 69.2 cm³/mol. The first-order chi connectivity index (χ1) is 8.81. The highest BCUT2D eigenvalue weighted by atomic mass is 16.5. The van der Waals surface area contributed by atoms with E-state index in [2.05, 4.69) is 9.97 Å². The molecule has 1 fully saturated rings. The maximum atomic E-state index is 5.76. The smallest absolute Gasteiger partial charge is 0.219 e. The van der Waals surface area contributed by atoms with E-state index in [1.54, 1.807) is 6.07 Å². The van der Waals surface area contributed by atoms with E-state index >= 15 is 0 Å². The topological polar surface area (TPSA) is 61.0 Å². The highest BCUT2D eigenvalue weighted by Gasteiger charge is 2.27. The Hall–Kier alpha value is -2.10. The normalized spacial score (nSPS) is 14.4. The number of anilines is 1. The molecule has 0 bridgehead atoms. The van der Waals surface area contributed by atoms with Crippen LogP contribution in [0, 0.1) is 0 Å². The van der Waals surface area contributed by atoms with Crippen molar-refractivity contribution in [3.63, 3.8) is 0 Å². The number of nitrogens with zero attached hydrogens (tertiary/aromatic N) is 2. The maximum absolute atomic E-state index is 5.76. The van der Waals surface area contributed by atoms with Gasteiger partial charge >= 0.3 is 0 Å². The fourth-order valence-electron chi connectivity index (χ4n) is 1.79. The molecule has 0 amide bonds. The summed E-state index contributed by atoms with van der Waals surface area (Å²) >= 11 is 0. The zero-order valence-corrected chi connectivity index (χ0v) is 10.0. The van der Waals surface area contributed by atoms with E-state index < -0.39 is 0 Å². The zero-order chi connectivity index (χ0) is 12.4. The molecule has 4 nitrogen and oxygen atoms in total. The van der Waals surface area contributed by atoms with Crippen LogP contribution in [0.2, 0.25) is 0 Å². The summed E-state index contributed by atoms with van der Waals surface area (Å²) in [5, 5.41) is 0. The molecule has 0 aliphatic heterocycles. The Balaban J connectivity index is 1.72. The van der Waals surface area contributed by atoms with Crippen molar-refractivity contribution in [2.75, 3.05) is 5.73 Å². The van der Waals surface area contributed by atoms with E-state index in [0.717, 1.165) is 24.2 Å². The summed E-state index contributed by atoms with van der Waals surface area (Å²) in [7, 11) is 0. The van der Waals surface area contributed by atoms with Gasteiger partial charge in [-0.15, -0.1) is 0 Å². The van der Waals surface area contributed by atoms with E-state index in [4.69, 9.17) is 10.5 Å². The van der Waals surface area contributed by atoms with E-state index in [9.17, 15) is 0 Å².